The Morgan fingerprint density at radius 1 is 1.56 bits per heavy atom. The molecular formula is C14H20N2O2. The topological polar surface area (TPSA) is 42.4 Å². The van der Waals surface area contributed by atoms with Gasteiger partial charge in [-0.1, -0.05) is 6.92 Å². The van der Waals surface area contributed by atoms with Crippen LogP contribution in [-0.2, 0) is 4.74 Å². The van der Waals surface area contributed by atoms with Gasteiger partial charge in [0, 0.05) is 19.8 Å². The highest BCUT2D eigenvalue weighted by molar-refractivity contribution is 5.89. The SMILES string of the molecule is CCOC(=O)c1ccc(N(C)CC2CC2C)nc1. The predicted molar refractivity (Wildman–Crippen MR) is 70.7 cm³/mol. The van der Waals surface area contributed by atoms with E-state index in [0.29, 0.717) is 12.2 Å². The van der Waals surface area contributed by atoms with Crippen LogP contribution in [-0.4, -0.2) is 31.2 Å². The molecule has 1 saturated carbocycles. The van der Waals surface area contributed by atoms with Crippen LogP contribution in [0.2, 0.25) is 0 Å². The zero-order valence-electron chi connectivity index (χ0n) is 11.2. The van der Waals surface area contributed by atoms with Crippen molar-refractivity contribution < 1.29 is 9.53 Å². The number of hydrogen-bond donors (Lipinski definition) is 0. The van der Waals surface area contributed by atoms with Crippen LogP contribution in [0, 0.1) is 11.8 Å². The fourth-order valence-corrected chi connectivity index (χ4v) is 2.05. The Hall–Kier alpha value is -1.58. The van der Waals surface area contributed by atoms with Gasteiger partial charge in [-0.2, -0.15) is 0 Å². The molecule has 0 N–H and O–H groups in total. The molecule has 4 heteroatoms. The monoisotopic (exact) mass is 248 g/mol. The molecule has 0 bridgehead atoms. The molecule has 1 aromatic rings. The van der Waals surface area contributed by atoms with E-state index in [1.165, 1.54) is 6.42 Å². The highest BCUT2D eigenvalue weighted by atomic mass is 16.5. The van der Waals surface area contributed by atoms with Gasteiger partial charge in [0.25, 0.3) is 0 Å². The van der Waals surface area contributed by atoms with Crippen LogP contribution in [0.25, 0.3) is 0 Å². The van der Waals surface area contributed by atoms with Crippen molar-refractivity contribution in [1.82, 2.24) is 4.98 Å². The third-order valence-electron chi connectivity index (χ3n) is 3.43. The van der Waals surface area contributed by atoms with E-state index in [9.17, 15) is 4.79 Å². The van der Waals surface area contributed by atoms with Crippen molar-refractivity contribution in [3.8, 4) is 0 Å². The maximum absolute atomic E-state index is 11.5. The van der Waals surface area contributed by atoms with Crippen molar-refractivity contribution >= 4 is 11.8 Å². The zero-order chi connectivity index (χ0) is 13.1. The number of esters is 1. The number of carbonyl (C=O) groups excluding carboxylic acids is 1. The van der Waals surface area contributed by atoms with Gasteiger partial charge in [-0.3, -0.25) is 0 Å². The summed E-state index contributed by atoms with van der Waals surface area (Å²) in [4.78, 5) is 17.9. The molecular weight excluding hydrogens is 228 g/mol. The summed E-state index contributed by atoms with van der Waals surface area (Å²) in [6, 6.07) is 3.65. The number of hydrogen-bond acceptors (Lipinski definition) is 4. The van der Waals surface area contributed by atoms with Gasteiger partial charge in [0.2, 0.25) is 0 Å². The lowest BCUT2D eigenvalue weighted by atomic mass is 10.2. The Labute approximate surface area is 108 Å². The first-order chi connectivity index (χ1) is 8.61. The minimum atomic E-state index is -0.310. The van der Waals surface area contributed by atoms with Gasteiger partial charge >= 0.3 is 5.97 Å². The van der Waals surface area contributed by atoms with Crippen molar-refractivity contribution in [1.29, 1.82) is 0 Å². The molecule has 2 rings (SSSR count). The number of pyridine rings is 1. The normalized spacial score (nSPS) is 21.5. The Kier molecular flexibility index (Phi) is 3.84. The van der Waals surface area contributed by atoms with Crippen LogP contribution in [0.4, 0.5) is 5.82 Å². The molecule has 0 saturated heterocycles. The van der Waals surface area contributed by atoms with Crippen molar-refractivity contribution in [2.45, 2.75) is 20.3 Å². The average molecular weight is 248 g/mol. The molecule has 98 valence electrons. The van der Waals surface area contributed by atoms with E-state index in [4.69, 9.17) is 4.74 Å². The summed E-state index contributed by atoms with van der Waals surface area (Å²) in [7, 11) is 2.04. The lowest BCUT2D eigenvalue weighted by Gasteiger charge is -2.18. The fourth-order valence-electron chi connectivity index (χ4n) is 2.05. The summed E-state index contributed by atoms with van der Waals surface area (Å²) >= 11 is 0. The predicted octanol–water partition coefficient (Wildman–Crippen LogP) is 2.35. The van der Waals surface area contributed by atoms with E-state index in [2.05, 4.69) is 16.8 Å². The highest BCUT2D eigenvalue weighted by Gasteiger charge is 2.33. The number of rotatable bonds is 5. The van der Waals surface area contributed by atoms with Crippen LogP contribution in [0.15, 0.2) is 18.3 Å². The van der Waals surface area contributed by atoms with Crippen LogP contribution in [0.3, 0.4) is 0 Å². The van der Waals surface area contributed by atoms with E-state index in [1.54, 1.807) is 19.2 Å². The van der Waals surface area contributed by atoms with Gasteiger partial charge in [-0.05, 0) is 37.3 Å². The van der Waals surface area contributed by atoms with E-state index in [0.717, 1.165) is 24.2 Å². The van der Waals surface area contributed by atoms with Crippen LogP contribution in [0.5, 0.6) is 0 Å². The average Bonchev–Trinajstić information content (AvgIpc) is 3.05. The second-order valence-electron chi connectivity index (χ2n) is 4.98. The molecule has 0 aliphatic heterocycles. The maximum atomic E-state index is 11.5. The lowest BCUT2D eigenvalue weighted by molar-refractivity contribution is 0.0526. The Morgan fingerprint density at radius 2 is 2.28 bits per heavy atom. The molecule has 1 heterocycles. The molecule has 0 amide bonds. The largest absolute Gasteiger partial charge is 0.462 e. The molecule has 1 aliphatic rings. The molecule has 0 spiro atoms. The Bertz CT molecular complexity index is 416. The first-order valence-corrected chi connectivity index (χ1v) is 6.46. The zero-order valence-corrected chi connectivity index (χ0v) is 11.2. The number of carbonyl (C=O) groups is 1. The van der Waals surface area contributed by atoms with Crippen LogP contribution in [0.1, 0.15) is 30.6 Å². The van der Waals surface area contributed by atoms with Crippen molar-refractivity contribution in [3.63, 3.8) is 0 Å². The van der Waals surface area contributed by atoms with Gasteiger partial charge in [-0.15, -0.1) is 0 Å². The van der Waals surface area contributed by atoms with Crippen LogP contribution >= 0.6 is 0 Å². The van der Waals surface area contributed by atoms with E-state index in [1.807, 2.05) is 13.1 Å². The molecule has 0 radical (unpaired) electrons. The molecule has 1 aromatic heterocycles. The van der Waals surface area contributed by atoms with E-state index in [-0.39, 0.29) is 5.97 Å². The minimum Gasteiger partial charge on any atom is -0.462 e. The molecule has 4 nitrogen and oxygen atoms in total. The summed E-state index contributed by atoms with van der Waals surface area (Å²) in [5.74, 6) is 2.23. The van der Waals surface area contributed by atoms with Gasteiger partial charge < -0.3 is 9.64 Å². The second-order valence-corrected chi connectivity index (χ2v) is 4.98. The quantitative estimate of drug-likeness (QED) is 0.750. The first kappa shape index (κ1) is 12.9. The van der Waals surface area contributed by atoms with Gasteiger partial charge in [0.15, 0.2) is 0 Å². The van der Waals surface area contributed by atoms with E-state index < -0.39 is 0 Å². The van der Waals surface area contributed by atoms with Gasteiger partial charge in [0.1, 0.15) is 5.82 Å². The number of anilines is 1. The Morgan fingerprint density at radius 3 is 2.78 bits per heavy atom. The molecule has 18 heavy (non-hydrogen) atoms. The summed E-state index contributed by atoms with van der Waals surface area (Å²) in [6.07, 6.45) is 2.89. The molecule has 1 fully saturated rings. The third kappa shape index (κ3) is 3.00. The first-order valence-electron chi connectivity index (χ1n) is 6.46. The van der Waals surface area contributed by atoms with E-state index >= 15 is 0 Å². The third-order valence-corrected chi connectivity index (χ3v) is 3.43. The second kappa shape index (κ2) is 5.38. The van der Waals surface area contributed by atoms with Gasteiger partial charge in [-0.25, -0.2) is 9.78 Å². The lowest BCUT2D eigenvalue weighted by Crippen LogP contribution is -2.21. The maximum Gasteiger partial charge on any atom is 0.339 e. The Balaban J connectivity index is 1.96. The number of nitrogens with zero attached hydrogens (tertiary/aromatic N) is 2. The smallest absolute Gasteiger partial charge is 0.339 e. The van der Waals surface area contributed by atoms with Crippen molar-refractivity contribution in [2.24, 2.45) is 11.8 Å². The van der Waals surface area contributed by atoms with Crippen molar-refractivity contribution in [3.05, 3.63) is 23.9 Å². The molecule has 0 aromatic carbocycles. The fraction of sp³-hybridized carbons (Fsp3) is 0.571. The number of aromatic nitrogens is 1. The van der Waals surface area contributed by atoms with Crippen molar-refractivity contribution in [2.75, 3.05) is 25.1 Å². The standard InChI is InChI=1S/C14H20N2O2/c1-4-18-14(17)11-5-6-13(15-8-11)16(3)9-12-7-10(12)2/h5-6,8,10,12H,4,7,9H2,1-3H3. The summed E-state index contributed by atoms with van der Waals surface area (Å²) in [6.45, 7) is 5.49. The number of ether oxygens (including phenoxy) is 1. The minimum absolute atomic E-state index is 0.310. The summed E-state index contributed by atoms with van der Waals surface area (Å²) in [5, 5.41) is 0. The molecule has 2 atom stereocenters. The summed E-state index contributed by atoms with van der Waals surface area (Å²) < 4.78 is 4.92. The highest BCUT2D eigenvalue weighted by Crippen LogP contribution is 2.38. The van der Waals surface area contributed by atoms with Gasteiger partial charge in [0.05, 0.1) is 12.2 Å². The molecule has 2 unspecified atom stereocenters. The molecule has 1 aliphatic carbocycles. The summed E-state index contributed by atoms with van der Waals surface area (Å²) in [5.41, 5.74) is 0.508. The van der Waals surface area contributed by atoms with Crippen LogP contribution < -0.4 is 4.90 Å².